The summed E-state index contributed by atoms with van der Waals surface area (Å²) in [6.07, 6.45) is 1.76. The summed E-state index contributed by atoms with van der Waals surface area (Å²) >= 11 is 5.91. The first-order valence-corrected chi connectivity index (χ1v) is 7.66. The average molecular weight is 310 g/mol. The largest absolute Gasteiger partial charge is 0.397 e. The third-order valence-corrected chi connectivity index (χ3v) is 4.79. The van der Waals surface area contributed by atoms with Crippen LogP contribution >= 0.6 is 11.6 Å². The highest BCUT2D eigenvalue weighted by Crippen LogP contribution is 2.37. The number of carbonyl (C=O) groups is 1. The van der Waals surface area contributed by atoms with Crippen LogP contribution in [0, 0.1) is 11.8 Å². The predicted molar refractivity (Wildman–Crippen MR) is 83.2 cm³/mol. The fraction of sp³-hybridized carbons (Fsp3) is 0.533. The number of hydrogen-bond acceptors (Lipinski definition) is 4. The number of nitrogens with zero attached hydrogens (tertiary/aromatic N) is 1. The van der Waals surface area contributed by atoms with Crippen molar-refractivity contribution in [1.82, 2.24) is 4.90 Å². The number of fused-ring (bicyclic) bond motifs is 1. The van der Waals surface area contributed by atoms with Crippen LogP contribution in [0.15, 0.2) is 18.2 Å². The number of nitrogen functional groups attached to an aromatic ring is 1. The zero-order valence-corrected chi connectivity index (χ0v) is 12.5. The first-order chi connectivity index (χ1) is 10.0. The molecule has 0 aromatic heterocycles. The molecule has 1 aliphatic carbocycles. The molecule has 0 spiro atoms. The lowest BCUT2D eigenvalue weighted by atomic mass is 10.00. The maximum Gasteiger partial charge on any atom is 0.238 e. The number of anilines is 2. The van der Waals surface area contributed by atoms with Crippen LogP contribution in [-0.4, -0.2) is 41.7 Å². The summed E-state index contributed by atoms with van der Waals surface area (Å²) in [5.74, 6) is 0.761. The SMILES string of the molecule is Nc1ccc(Cl)cc1NC(=O)CN1CC2CCC(O)C2C1. The Labute approximate surface area is 129 Å². The number of aliphatic hydroxyl groups is 1. The van der Waals surface area contributed by atoms with E-state index in [9.17, 15) is 9.90 Å². The van der Waals surface area contributed by atoms with Crippen LogP contribution in [0.2, 0.25) is 5.02 Å². The van der Waals surface area contributed by atoms with Crippen molar-refractivity contribution < 1.29 is 9.90 Å². The summed E-state index contributed by atoms with van der Waals surface area (Å²) in [7, 11) is 0. The highest BCUT2D eigenvalue weighted by molar-refractivity contribution is 6.31. The van der Waals surface area contributed by atoms with Crippen molar-refractivity contribution >= 4 is 28.9 Å². The number of likely N-dealkylation sites (tertiary alicyclic amines) is 1. The lowest BCUT2D eigenvalue weighted by Gasteiger charge is -2.18. The molecule has 3 rings (SSSR count). The number of halogens is 1. The topological polar surface area (TPSA) is 78.6 Å². The van der Waals surface area contributed by atoms with Gasteiger partial charge < -0.3 is 16.2 Å². The van der Waals surface area contributed by atoms with Crippen LogP contribution in [0.4, 0.5) is 11.4 Å². The van der Waals surface area contributed by atoms with Gasteiger partial charge in [0.1, 0.15) is 0 Å². The van der Waals surface area contributed by atoms with Crippen LogP contribution in [-0.2, 0) is 4.79 Å². The third-order valence-electron chi connectivity index (χ3n) is 4.55. The van der Waals surface area contributed by atoms with Crippen molar-refractivity contribution in [2.24, 2.45) is 11.8 Å². The molecule has 1 aliphatic heterocycles. The summed E-state index contributed by atoms with van der Waals surface area (Å²) in [5.41, 5.74) is 6.87. The first kappa shape index (κ1) is 14.6. The lowest BCUT2D eigenvalue weighted by Crippen LogP contribution is -2.33. The highest BCUT2D eigenvalue weighted by Gasteiger charge is 2.41. The number of hydrogen-bond donors (Lipinski definition) is 3. The molecular formula is C15H20ClN3O2. The standard InChI is InChI=1S/C15H20ClN3O2/c16-10-2-3-12(17)13(5-10)18-15(21)8-19-6-9-1-4-14(20)11(9)7-19/h2-3,5,9,11,14,20H,1,4,6-8,17H2,(H,18,21). The fourth-order valence-electron chi connectivity index (χ4n) is 3.49. The van der Waals surface area contributed by atoms with Gasteiger partial charge in [0.05, 0.1) is 24.0 Å². The quantitative estimate of drug-likeness (QED) is 0.741. The average Bonchev–Trinajstić information content (AvgIpc) is 2.96. The normalized spacial score (nSPS) is 28.6. The fourth-order valence-corrected chi connectivity index (χ4v) is 3.66. The number of nitrogens with one attached hydrogen (secondary N) is 1. The summed E-state index contributed by atoms with van der Waals surface area (Å²) < 4.78 is 0. The summed E-state index contributed by atoms with van der Waals surface area (Å²) in [5, 5.41) is 13.2. The second kappa shape index (κ2) is 5.83. The van der Waals surface area contributed by atoms with Gasteiger partial charge in [0.15, 0.2) is 0 Å². The maximum absolute atomic E-state index is 12.1. The smallest absolute Gasteiger partial charge is 0.238 e. The van der Waals surface area contributed by atoms with E-state index in [2.05, 4.69) is 10.2 Å². The monoisotopic (exact) mass is 309 g/mol. The zero-order valence-electron chi connectivity index (χ0n) is 11.8. The van der Waals surface area contributed by atoms with E-state index in [-0.39, 0.29) is 12.0 Å². The molecule has 1 aromatic rings. The molecule has 21 heavy (non-hydrogen) atoms. The molecule has 0 radical (unpaired) electrons. The first-order valence-electron chi connectivity index (χ1n) is 7.28. The molecule has 1 aromatic carbocycles. The van der Waals surface area contributed by atoms with Gasteiger partial charge in [-0.3, -0.25) is 9.69 Å². The molecule has 0 bridgehead atoms. The van der Waals surface area contributed by atoms with E-state index in [1.165, 1.54) is 0 Å². The van der Waals surface area contributed by atoms with Crippen LogP contribution in [0.1, 0.15) is 12.8 Å². The highest BCUT2D eigenvalue weighted by atomic mass is 35.5. The second-order valence-corrected chi connectivity index (χ2v) is 6.48. The predicted octanol–water partition coefficient (Wildman–Crippen LogP) is 1.56. The number of carbonyl (C=O) groups excluding carboxylic acids is 1. The molecule has 4 N–H and O–H groups in total. The lowest BCUT2D eigenvalue weighted by molar-refractivity contribution is -0.117. The number of benzene rings is 1. The Morgan fingerprint density at radius 3 is 3.00 bits per heavy atom. The van der Waals surface area contributed by atoms with Crippen molar-refractivity contribution in [3.8, 4) is 0 Å². The van der Waals surface area contributed by atoms with E-state index in [0.717, 1.165) is 25.9 Å². The van der Waals surface area contributed by atoms with Crippen molar-refractivity contribution in [3.05, 3.63) is 23.2 Å². The summed E-state index contributed by atoms with van der Waals surface area (Å²) in [6.45, 7) is 2.01. The van der Waals surface area contributed by atoms with Crippen molar-refractivity contribution in [2.45, 2.75) is 18.9 Å². The summed E-state index contributed by atoms with van der Waals surface area (Å²) in [4.78, 5) is 14.2. The molecule has 1 saturated carbocycles. The molecule has 2 aliphatic rings. The number of rotatable bonds is 3. The summed E-state index contributed by atoms with van der Waals surface area (Å²) in [6, 6.07) is 5.02. The molecule has 3 atom stereocenters. The van der Waals surface area contributed by atoms with E-state index >= 15 is 0 Å². The van der Waals surface area contributed by atoms with E-state index in [0.29, 0.717) is 34.8 Å². The number of nitrogens with two attached hydrogens (primary N) is 1. The van der Waals surface area contributed by atoms with Crippen LogP contribution in [0.3, 0.4) is 0 Å². The molecule has 1 saturated heterocycles. The van der Waals surface area contributed by atoms with Gasteiger partial charge in [-0.15, -0.1) is 0 Å². The van der Waals surface area contributed by atoms with E-state index in [4.69, 9.17) is 17.3 Å². The van der Waals surface area contributed by atoms with Crippen LogP contribution in [0.5, 0.6) is 0 Å². The molecule has 1 amide bonds. The van der Waals surface area contributed by atoms with Crippen molar-refractivity contribution in [1.29, 1.82) is 0 Å². The van der Waals surface area contributed by atoms with Gasteiger partial charge in [0, 0.05) is 24.0 Å². The molecule has 5 nitrogen and oxygen atoms in total. The van der Waals surface area contributed by atoms with Gasteiger partial charge in [-0.1, -0.05) is 11.6 Å². The Hall–Kier alpha value is -1.30. The van der Waals surface area contributed by atoms with Gasteiger partial charge in [0.2, 0.25) is 5.91 Å². The Balaban J connectivity index is 1.57. The minimum atomic E-state index is -0.202. The van der Waals surface area contributed by atoms with Gasteiger partial charge in [-0.05, 0) is 37.0 Å². The van der Waals surface area contributed by atoms with E-state index < -0.39 is 0 Å². The molecule has 114 valence electrons. The molecule has 1 heterocycles. The van der Waals surface area contributed by atoms with Gasteiger partial charge in [-0.25, -0.2) is 0 Å². The molecule has 2 fully saturated rings. The van der Waals surface area contributed by atoms with Gasteiger partial charge >= 0.3 is 0 Å². The number of aliphatic hydroxyl groups excluding tert-OH is 1. The minimum Gasteiger partial charge on any atom is -0.397 e. The van der Waals surface area contributed by atoms with Crippen LogP contribution < -0.4 is 11.1 Å². The zero-order chi connectivity index (χ0) is 15.0. The molecule has 3 unspecified atom stereocenters. The third kappa shape index (κ3) is 3.15. The Kier molecular flexibility index (Phi) is 4.06. The van der Waals surface area contributed by atoms with Crippen molar-refractivity contribution in [3.63, 3.8) is 0 Å². The second-order valence-electron chi connectivity index (χ2n) is 6.04. The van der Waals surface area contributed by atoms with Crippen molar-refractivity contribution in [2.75, 3.05) is 30.7 Å². The van der Waals surface area contributed by atoms with Gasteiger partial charge in [-0.2, -0.15) is 0 Å². The maximum atomic E-state index is 12.1. The molecule has 6 heteroatoms. The van der Waals surface area contributed by atoms with Crippen LogP contribution in [0.25, 0.3) is 0 Å². The van der Waals surface area contributed by atoms with Gasteiger partial charge in [0.25, 0.3) is 0 Å². The van der Waals surface area contributed by atoms with E-state index in [1.54, 1.807) is 18.2 Å². The Morgan fingerprint density at radius 1 is 1.43 bits per heavy atom. The van der Waals surface area contributed by atoms with E-state index in [1.807, 2.05) is 0 Å². The molecular weight excluding hydrogens is 290 g/mol. The number of amides is 1. The Bertz CT molecular complexity index is 552. The Morgan fingerprint density at radius 2 is 2.24 bits per heavy atom. The minimum absolute atomic E-state index is 0.0987.